The Kier molecular flexibility index (Phi) is 9.92. The van der Waals surface area contributed by atoms with Crippen molar-refractivity contribution in [2.75, 3.05) is 24.2 Å². The van der Waals surface area contributed by atoms with Crippen molar-refractivity contribution >= 4 is 66.0 Å². The van der Waals surface area contributed by atoms with Gasteiger partial charge in [-0.1, -0.05) is 58.4 Å². The molecule has 0 unspecified atom stereocenters. The zero-order chi connectivity index (χ0) is 26.3. The van der Waals surface area contributed by atoms with Gasteiger partial charge in [-0.25, -0.2) is 8.42 Å². The lowest BCUT2D eigenvalue weighted by Crippen LogP contribution is -2.52. The van der Waals surface area contributed by atoms with E-state index in [-0.39, 0.29) is 18.9 Å². The second kappa shape index (κ2) is 12.7. The molecule has 10 heteroatoms. The number of sulfonamides is 1. The Morgan fingerprint density at radius 3 is 2.11 bits per heavy atom. The number of carbonyl (C=O) groups is 2. The van der Waals surface area contributed by atoms with Crippen molar-refractivity contribution < 1.29 is 18.0 Å². The van der Waals surface area contributed by atoms with Gasteiger partial charge in [0.25, 0.3) is 0 Å². The molecule has 0 aliphatic rings. The van der Waals surface area contributed by atoms with Gasteiger partial charge < -0.3 is 10.2 Å². The first-order valence-electron chi connectivity index (χ1n) is 11.1. The third-order valence-corrected chi connectivity index (χ3v) is 7.97. The maximum atomic E-state index is 13.8. The van der Waals surface area contributed by atoms with Crippen LogP contribution in [0.15, 0.2) is 83.3 Å². The molecule has 0 fully saturated rings. The molecule has 1 N–H and O–H groups in total. The number of nitrogens with one attached hydrogen (secondary N) is 1. The maximum absolute atomic E-state index is 13.8. The molecular formula is C26H27BrIN3O4S. The molecule has 1 atom stereocenters. The molecule has 3 aromatic carbocycles. The topological polar surface area (TPSA) is 86.8 Å². The highest BCUT2D eigenvalue weighted by Gasteiger charge is 2.32. The van der Waals surface area contributed by atoms with Crippen LogP contribution < -0.4 is 9.62 Å². The number of likely N-dealkylation sites (N-methyl/N-ethyl adjacent to an activating group) is 1. The first-order valence-corrected chi connectivity index (χ1v) is 14.8. The minimum Gasteiger partial charge on any atom is -0.357 e. The summed E-state index contributed by atoms with van der Waals surface area (Å²) in [5, 5.41) is 2.66. The predicted octanol–water partition coefficient (Wildman–Crippen LogP) is 4.21. The summed E-state index contributed by atoms with van der Waals surface area (Å²) in [6.07, 6.45) is 1.35. The number of amides is 2. The zero-order valence-electron chi connectivity index (χ0n) is 19.9. The summed E-state index contributed by atoms with van der Waals surface area (Å²) >= 11 is 5.55. The summed E-state index contributed by atoms with van der Waals surface area (Å²) in [4.78, 5) is 28.3. The SMILES string of the molecule is CNC(=O)[C@H](Cc1ccccc1)N(Cc1ccc(Br)cc1)C(=O)CN(c1ccc(I)cc1)S(C)(=O)=O. The molecule has 0 saturated carbocycles. The van der Waals surface area contributed by atoms with Crippen LogP contribution in [-0.2, 0) is 32.6 Å². The van der Waals surface area contributed by atoms with E-state index in [1.807, 2.05) is 54.6 Å². The minimum absolute atomic E-state index is 0.140. The second-order valence-electron chi connectivity index (χ2n) is 8.21. The molecule has 0 saturated heterocycles. The molecule has 0 radical (unpaired) electrons. The number of hydrogen-bond donors (Lipinski definition) is 1. The fourth-order valence-electron chi connectivity index (χ4n) is 3.73. The highest BCUT2D eigenvalue weighted by molar-refractivity contribution is 14.1. The average molecular weight is 684 g/mol. The van der Waals surface area contributed by atoms with Gasteiger partial charge in [-0.2, -0.15) is 0 Å². The van der Waals surface area contributed by atoms with E-state index in [1.165, 1.54) is 11.9 Å². The summed E-state index contributed by atoms with van der Waals surface area (Å²) in [6, 6.07) is 22.9. The largest absolute Gasteiger partial charge is 0.357 e. The van der Waals surface area contributed by atoms with Crippen LogP contribution in [0.2, 0.25) is 0 Å². The van der Waals surface area contributed by atoms with E-state index < -0.39 is 28.5 Å². The van der Waals surface area contributed by atoms with Crippen LogP contribution in [0.4, 0.5) is 5.69 Å². The molecule has 3 aromatic rings. The van der Waals surface area contributed by atoms with Gasteiger partial charge in [0.05, 0.1) is 11.9 Å². The Labute approximate surface area is 234 Å². The highest BCUT2D eigenvalue weighted by atomic mass is 127. The molecule has 0 aromatic heterocycles. The van der Waals surface area contributed by atoms with Crippen molar-refractivity contribution in [2.45, 2.75) is 19.0 Å². The van der Waals surface area contributed by atoms with E-state index in [0.29, 0.717) is 5.69 Å². The lowest BCUT2D eigenvalue weighted by Gasteiger charge is -2.33. The summed E-state index contributed by atoms with van der Waals surface area (Å²) in [5.74, 6) is -0.809. The van der Waals surface area contributed by atoms with Gasteiger partial charge in [-0.15, -0.1) is 0 Å². The van der Waals surface area contributed by atoms with Crippen LogP contribution in [0.1, 0.15) is 11.1 Å². The monoisotopic (exact) mass is 683 g/mol. The molecule has 7 nitrogen and oxygen atoms in total. The summed E-state index contributed by atoms with van der Waals surface area (Å²) in [5.41, 5.74) is 2.08. The standard InChI is InChI=1S/C26H27BrIN3O4S/c1-29-26(33)24(16-19-6-4-3-5-7-19)30(17-20-8-10-21(27)11-9-20)25(32)18-31(36(2,34)35)23-14-12-22(28)13-15-23/h3-15,24H,16-18H2,1-2H3,(H,29,33)/t24-/m0/s1. The van der Waals surface area contributed by atoms with E-state index >= 15 is 0 Å². The number of carbonyl (C=O) groups excluding carboxylic acids is 2. The molecule has 0 bridgehead atoms. The Morgan fingerprint density at radius 1 is 0.944 bits per heavy atom. The summed E-state index contributed by atoms with van der Waals surface area (Å²) in [6.45, 7) is -0.292. The summed E-state index contributed by atoms with van der Waals surface area (Å²) < 4.78 is 28.3. The molecule has 0 aliphatic heterocycles. The van der Waals surface area contributed by atoms with Gasteiger partial charge in [-0.05, 0) is 70.1 Å². The third kappa shape index (κ3) is 7.78. The highest BCUT2D eigenvalue weighted by Crippen LogP contribution is 2.22. The smallest absolute Gasteiger partial charge is 0.244 e. The van der Waals surface area contributed by atoms with Crippen LogP contribution in [-0.4, -0.2) is 51.0 Å². The molecule has 0 heterocycles. The second-order valence-corrected chi connectivity index (χ2v) is 12.3. The van der Waals surface area contributed by atoms with Crippen molar-refractivity contribution in [3.63, 3.8) is 0 Å². The normalized spacial score (nSPS) is 12.0. The van der Waals surface area contributed by atoms with E-state index in [9.17, 15) is 18.0 Å². The lowest BCUT2D eigenvalue weighted by molar-refractivity contribution is -0.139. The van der Waals surface area contributed by atoms with E-state index in [2.05, 4.69) is 43.8 Å². The van der Waals surface area contributed by atoms with E-state index in [0.717, 1.165) is 29.7 Å². The van der Waals surface area contributed by atoms with Crippen molar-refractivity contribution in [2.24, 2.45) is 0 Å². The predicted molar refractivity (Wildman–Crippen MR) is 154 cm³/mol. The van der Waals surface area contributed by atoms with Crippen LogP contribution >= 0.6 is 38.5 Å². The quantitative estimate of drug-likeness (QED) is 0.325. The number of benzene rings is 3. The van der Waals surface area contributed by atoms with Crippen LogP contribution in [0, 0.1) is 3.57 Å². The van der Waals surface area contributed by atoms with Crippen LogP contribution in [0.3, 0.4) is 0 Å². The lowest BCUT2D eigenvalue weighted by atomic mass is 10.0. The number of hydrogen-bond acceptors (Lipinski definition) is 4. The van der Waals surface area contributed by atoms with Crippen molar-refractivity contribution in [3.8, 4) is 0 Å². The third-order valence-electron chi connectivity index (χ3n) is 5.58. The Balaban J connectivity index is 2.00. The van der Waals surface area contributed by atoms with Gasteiger partial charge in [0.15, 0.2) is 0 Å². The van der Waals surface area contributed by atoms with Crippen LogP contribution in [0.25, 0.3) is 0 Å². The molecule has 36 heavy (non-hydrogen) atoms. The molecule has 0 aliphatic carbocycles. The molecule has 3 rings (SSSR count). The van der Waals surface area contributed by atoms with Gasteiger partial charge in [0, 0.05) is 28.1 Å². The fraction of sp³-hybridized carbons (Fsp3) is 0.231. The molecular weight excluding hydrogens is 657 g/mol. The number of rotatable bonds is 10. The first kappa shape index (κ1) is 28.1. The van der Waals surface area contributed by atoms with Crippen LogP contribution in [0.5, 0.6) is 0 Å². The fourth-order valence-corrected chi connectivity index (χ4v) is 5.20. The Bertz CT molecular complexity index is 1290. The van der Waals surface area contributed by atoms with E-state index in [1.54, 1.807) is 24.3 Å². The van der Waals surface area contributed by atoms with Gasteiger partial charge >= 0.3 is 0 Å². The zero-order valence-corrected chi connectivity index (χ0v) is 24.5. The number of halogens is 2. The first-order chi connectivity index (χ1) is 17.1. The van der Waals surface area contributed by atoms with Gasteiger partial charge in [-0.3, -0.25) is 13.9 Å². The minimum atomic E-state index is -3.77. The average Bonchev–Trinajstić information content (AvgIpc) is 2.86. The maximum Gasteiger partial charge on any atom is 0.244 e. The molecule has 2 amide bonds. The van der Waals surface area contributed by atoms with Gasteiger partial charge in [0.1, 0.15) is 12.6 Å². The molecule has 0 spiro atoms. The van der Waals surface area contributed by atoms with Crippen molar-refractivity contribution in [1.82, 2.24) is 10.2 Å². The van der Waals surface area contributed by atoms with E-state index in [4.69, 9.17) is 0 Å². The number of nitrogens with zero attached hydrogens (tertiary/aromatic N) is 2. The van der Waals surface area contributed by atoms with Crippen molar-refractivity contribution in [1.29, 1.82) is 0 Å². The number of anilines is 1. The van der Waals surface area contributed by atoms with Gasteiger partial charge in [0.2, 0.25) is 21.8 Å². The Morgan fingerprint density at radius 2 is 1.56 bits per heavy atom. The van der Waals surface area contributed by atoms with Crippen molar-refractivity contribution in [3.05, 3.63) is 98.0 Å². The molecule has 190 valence electrons. The Hall–Kier alpha value is -2.44. The summed E-state index contributed by atoms with van der Waals surface area (Å²) in [7, 11) is -2.25.